The van der Waals surface area contributed by atoms with E-state index in [9.17, 15) is 9.18 Å². The number of hydrogen-bond donors (Lipinski definition) is 1. The third-order valence-electron chi connectivity index (χ3n) is 2.11. The van der Waals surface area contributed by atoms with Crippen LogP contribution in [0.2, 0.25) is 0 Å². The minimum absolute atomic E-state index is 0.294. The highest BCUT2D eigenvalue weighted by molar-refractivity contribution is 5.78. The zero-order valence-electron chi connectivity index (χ0n) is 9.00. The van der Waals surface area contributed by atoms with Gasteiger partial charge >= 0.3 is 5.97 Å². The molecule has 1 aromatic carbocycles. The molecule has 0 radical (unpaired) electrons. The van der Waals surface area contributed by atoms with Crippen LogP contribution < -0.4 is 5.32 Å². The van der Waals surface area contributed by atoms with E-state index in [0.717, 1.165) is 0 Å². The standard InChI is InChI=1S/C11H14FNO2/c1-7-4-5-9(6-10(7)12)13-8(2)11(14)15-3/h4-6,8,13H,1-3H3. The molecular formula is C11H14FNO2. The van der Waals surface area contributed by atoms with E-state index in [-0.39, 0.29) is 11.8 Å². The number of carbonyl (C=O) groups excluding carboxylic acids is 1. The third-order valence-corrected chi connectivity index (χ3v) is 2.11. The summed E-state index contributed by atoms with van der Waals surface area (Å²) in [5.74, 6) is -0.673. The first-order valence-corrected chi connectivity index (χ1v) is 4.65. The van der Waals surface area contributed by atoms with Crippen LogP contribution in [-0.4, -0.2) is 19.1 Å². The molecular weight excluding hydrogens is 197 g/mol. The van der Waals surface area contributed by atoms with Crippen LogP contribution in [0, 0.1) is 12.7 Å². The van der Waals surface area contributed by atoms with Gasteiger partial charge in [-0.2, -0.15) is 0 Å². The highest BCUT2D eigenvalue weighted by atomic mass is 19.1. The first kappa shape index (κ1) is 11.5. The van der Waals surface area contributed by atoms with E-state index in [0.29, 0.717) is 11.3 Å². The molecule has 1 aromatic rings. The zero-order chi connectivity index (χ0) is 11.4. The number of nitrogens with one attached hydrogen (secondary N) is 1. The van der Waals surface area contributed by atoms with Crippen LogP contribution in [0.3, 0.4) is 0 Å². The summed E-state index contributed by atoms with van der Waals surface area (Å²) in [7, 11) is 1.32. The van der Waals surface area contributed by atoms with Crippen molar-refractivity contribution < 1.29 is 13.9 Å². The van der Waals surface area contributed by atoms with E-state index in [1.165, 1.54) is 13.2 Å². The SMILES string of the molecule is COC(=O)C(C)Nc1ccc(C)c(F)c1. The Kier molecular flexibility index (Phi) is 3.66. The van der Waals surface area contributed by atoms with Crippen molar-refractivity contribution in [3.05, 3.63) is 29.6 Å². The number of rotatable bonds is 3. The van der Waals surface area contributed by atoms with Crippen molar-refractivity contribution >= 4 is 11.7 Å². The molecule has 0 saturated heterocycles. The van der Waals surface area contributed by atoms with Crippen LogP contribution in [0.15, 0.2) is 18.2 Å². The van der Waals surface area contributed by atoms with Crippen molar-refractivity contribution in [2.24, 2.45) is 0 Å². The Hall–Kier alpha value is -1.58. The number of hydrogen-bond acceptors (Lipinski definition) is 3. The molecule has 1 rings (SSSR count). The predicted octanol–water partition coefficient (Wildman–Crippen LogP) is 2.11. The van der Waals surface area contributed by atoms with Crippen molar-refractivity contribution in [3.8, 4) is 0 Å². The number of halogens is 1. The van der Waals surface area contributed by atoms with Gasteiger partial charge in [0.25, 0.3) is 0 Å². The Bertz CT molecular complexity index is 366. The maximum Gasteiger partial charge on any atom is 0.327 e. The first-order valence-electron chi connectivity index (χ1n) is 4.65. The Labute approximate surface area is 88.2 Å². The molecule has 0 fully saturated rings. The molecule has 4 heteroatoms. The lowest BCUT2D eigenvalue weighted by Crippen LogP contribution is -2.27. The van der Waals surface area contributed by atoms with E-state index < -0.39 is 6.04 Å². The number of carbonyl (C=O) groups is 1. The van der Waals surface area contributed by atoms with E-state index >= 15 is 0 Å². The predicted molar refractivity (Wildman–Crippen MR) is 56.2 cm³/mol. The molecule has 3 nitrogen and oxygen atoms in total. The summed E-state index contributed by atoms with van der Waals surface area (Å²) in [6.07, 6.45) is 0. The number of benzene rings is 1. The molecule has 0 aliphatic carbocycles. The minimum Gasteiger partial charge on any atom is -0.467 e. The fraction of sp³-hybridized carbons (Fsp3) is 0.364. The van der Waals surface area contributed by atoms with E-state index in [1.807, 2.05) is 0 Å². The largest absolute Gasteiger partial charge is 0.467 e. The van der Waals surface area contributed by atoms with Crippen molar-refractivity contribution in [1.82, 2.24) is 0 Å². The Balaban J connectivity index is 2.73. The molecule has 0 saturated carbocycles. The molecule has 0 aliphatic rings. The van der Waals surface area contributed by atoms with Crippen molar-refractivity contribution in [1.29, 1.82) is 0 Å². The van der Waals surface area contributed by atoms with Gasteiger partial charge in [-0.25, -0.2) is 9.18 Å². The van der Waals surface area contributed by atoms with Crippen molar-refractivity contribution in [3.63, 3.8) is 0 Å². The fourth-order valence-electron chi connectivity index (χ4n) is 1.17. The number of esters is 1. The summed E-state index contributed by atoms with van der Waals surface area (Å²) in [6, 6.07) is 4.24. The van der Waals surface area contributed by atoms with Gasteiger partial charge in [0, 0.05) is 5.69 Å². The van der Waals surface area contributed by atoms with Crippen LogP contribution >= 0.6 is 0 Å². The summed E-state index contributed by atoms with van der Waals surface area (Å²) < 4.78 is 17.7. The number of anilines is 1. The van der Waals surface area contributed by atoms with E-state index in [1.54, 1.807) is 26.0 Å². The van der Waals surface area contributed by atoms with Gasteiger partial charge in [-0.3, -0.25) is 0 Å². The summed E-state index contributed by atoms with van der Waals surface area (Å²) in [5, 5.41) is 2.85. The molecule has 0 bridgehead atoms. The number of methoxy groups -OCH3 is 1. The molecule has 0 aliphatic heterocycles. The fourth-order valence-corrected chi connectivity index (χ4v) is 1.17. The second kappa shape index (κ2) is 4.77. The molecule has 0 amide bonds. The zero-order valence-corrected chi connectivity index (χ0v) is 9.00. The first-order chi connectivity index (χ1) is 7.04. The van der Waals surface area contributed by atoms with Crippen LogP contribution in [0.1, 0.15) is 12.5 Å². The van der Waals surface area contributed by atoms with Gasteiger partial charge in [0.1, 0.15) is 11.9 Å². The summed E-state index contributed by atoms with van der Waals surface area (Å²) in [6.45, 7) is 3.34. The maximum atomic E-state index is 13.2. The lowest BCUT2D eigenvalue weighted by Gasteiger charge is -2.13. The Morgan fingerprint density at radius 3 is 2.73 bits per heavy atom. The van der Waals surface area contributed by atoms with Gasteiger partial charge in [-0.1, -0.05) is 6.07 Å². The number of aryl methyl sites for hydroxylation is 1. The quantitative estimate of drug-likeness (QED) is 0.778. The van der Waals surface area contributed by atoms with Crippen molar-refractivity contribution in [2.75, 3.05) is 12.4 Å². The minimum atomic E-state index is -0.489. The van der Waals surface area contributed by atoms with Gasteiger partial charge < -0.3 is 10.1 Å². The van der Waals surface area contributed by atoms with Crippen molar-refractivity contribution in [2.45, 2.75) is 19.9 Å². The summed E-state index contributed by atoms with van der Waals surface area (Å²) in [5.41, 5.74) is 1.14. The topological polar surface area (TPSA) is 38.3 Å². The van der Waals surface area contributed by atoms with Gasteiger partial charge in [0.2, 0.25) is 0 Å². The van der Waals surface area contributed by atoms with Crippen LogP contribution in [0.4, 0.5) is 10.1 Å². The average Bonchev–Trinajstić information content (AvgIpc) is 2.22. The Morgan fingerprint density at radius 2 is 2.20 bits per heavy atom. The average molecular weight is 211 g/mol. The molecule has 1 unspecified atom stereocenters. The monoisotopic (exact) mass is 211 g/mol. The van der Waals surface area contributed by atoms with E-state index in [2.05, 4.69) is 10.1 Å². The normalized spacial score (nSPS) is 12.0. The second-order valence-corrected chi connectivity index (χ2v) is 3.35. The number of ether oxygens (including phenoxy) is 1. The lowest BCUT2D eigenvalue weighted by atomic mass is 10.2. The summed E-state index contributed by atoms with van der Waals surface area (Å²) in [4.78, 5) is 11.1. The molecule has 0 spiro atoms. The maximum absolute atomic E-state index is 13.2. The molecule has 0 aromatic heterocycles. The molecule has 15 heavy (non-hydrogen) atoms. The lowest BCUT2D eigenvalue weighted by molar-refractivity contribution is -0.141. The van der Waals surface area contributed by atoms with Crippen LogP contribution in [-0.2, 0) is 9.53 Å². The smallest absolute Gasteiger partial charge is 0.327 e. The van der Waals surface area contributed by atoms with Gasteiger partial charge in [0.05, 0.1) is 7.11 Å². The highest BCUT2D eigenvalue weighted by Gasteiger charge is 2.12. The second-order valence-electron chi connectivity index (χ2n) is 3.35. The van der Waals surface area contributed by atoms with Gasteiger partial charge in [-0.15, -0.1) is 0 Å². The molecule has 1 atom stereocenters. The van der Waals surface area contributed by atoms with Crippen LogP contribution in [0.5, 0.6) is 0 Å². The highest BCUT2D eigenvalue weighted by Crippen LogP contribution is 2.14. The van der Waals surface area contributed by atoms with Gasteiger partial charge in [-0.05, 0) is 31.5 Å². The Morgan fingerprint density at radius 1 is 1.53 bits per heavy atom. The van der Waals surface area contributed by atoms with E-state index in [4.69, 9.17) is 0 Å². The molecule has 1 N–H and O–H groups in total. The summed E-state index contributed by atoms with van der Waals surface area (Å²) >= 11 is 0. The molecule has 82 valence electrons. The van der Waals surface area contributed by atoms with Crippen LogP contribution in [0.25, 0.3) is 0 Å². The third kappa shape index (κ3) is 2.94. The molecule has 0 heterocycles. The van der Waals surface area contributed by atoms with Gasteiger partial charge in [0.15, 0.2) is 0 Å².